The van der Waals surface area contributed by atoms with E-state index in [1.807, 2.05) is 12.1 Å². The molecule has 0 radical (unpaired) electrons. The monoisotopic (exact) mass is 273 g/mol. The fraction of sp³-hybridized carbons (Fsp3) is 0.538. The first-order valence-corrected chi connectivity index (χ1v) is 6.77. The van der Waals surface area contributed by atoms with Gasteiger partial charge in [0.05, 0.1) is 19.3 Å². The van der Waals surface area contributed by atoms with Crippen molar-refractivity contribution in [3.05, 3.63) is 33.3 Å². The molecule has 2 rings (SSSR count). The summed E-state index contributed by atoms with van der Waals surface area (Å²) in [6.45, 7) is 4.52. The summed E-state index contributed by atoms with van der Waals surface area (Å²) in [6, 6.07) is 4.01. The van der Waals surface area contributed by atoms with E-state index in [0.717, 1.165) is 31.0 Å². The van der Waals surface area contributed by atoms with Crippen molar-refractivity contribution < 1.29 is 4.74 Å². The molecule has 2 nitrogen and oxygen atoms in total. The van der Waals surface area contributed by atoms with Gasteiger partial charge >= 0.3 is 0 Å². The molecule has 0 saturated heterocycles. The molecular weight excluding hydrogens is 257 g/mol. The molecule has 1 unspecified atom stereocenters. The van der Waals surface area contributed by atoms with E-state index in [2.05, 4.69) is 12.2 Å². The van der Waals surface area contributed by atoms with Crippen molar-refractivity contribution in [2.45, 2.75) is 25.8 Å². The van der Waals surface area contributed by atoms with Gasteiger partial charge in [0, 0.05) is 10.0 Å². The number of halogens is 2. The van der Waals surface area contributed by atoms with Gasteiger partial charge in [0.2, 0.25) is 0 Å². The smallest absolute Gasteiger partial charge is 0.0661 e. The first-order valence-electron chi connectivity index (χ1n) is 6.01. The molecule has 17 heavy (non-hydrogen) atoms. The van der Waals surface area contributed by atoms with Crippen LogP contribution < -0.4 is 5.32 Å². The van der Waals surface area contributed by atoms with Crippen molar-refractivity contribution in [1.82, 2.24) is 5.32 Å². The van der Waals surface area contributed by atoms with Gasteiger partial charge in [-0.2, -0.15) is 0 Å². The predicted octanol–water partition coefficient (Wildman–Crippen LogP) is 3.61. The van der Waals surface area contributed by atoms with Gasteiger partial charge in [-0.25, -0.2) is 0 Å². The third-order valence-corrected chi connectivity index (χ3v) is 3.55. The van der Waals surface area contributed by atoms with Crippen molar-refractivity contribution in [2.24, 2.45) is 0 Å². The van der Waals surface area contributed by atoms with Crippen molar-refractivity contribution in [3.63, 3.8) is 0 Å². The minimum Gasteiger partial charge on any atom is -0.379 e. The molecule has 0 saturated carbocycles. The Balaban J connectivity index is 2.33. The van der Waals surface area contributed by atoms with E-state index < -0.39 is 0 Å². The molecule has 0 aliphatic carbocycles. The van der Waals surface area contributed by atoms with E-state index in [-0.39, 0.29) is 6.04 Å². The lowest BCUT2D eigenvalue weighted by atomic mass is 9.99. The summed E-state index contributed by atoms with van der Waals surface area (Å²) < 4.78 is 5.62. The molecule has 0 aromatic heterocycles. The molecule has 1 atom stereocenters. The lowest BCUT2D eigenvalue weighted by Gasteiger charge is -2.19. The maximum Gasteiger partial charge on any atom is 0.0661 e. The molecule has 1 aromatic carbocycles. The molecule has 94 valence electrons. The second kappa shape index (κ2) is 6.05. The van der Waals surface area contributed by atoms with Gasteiger partial charge in [-0.05, 0) is 42.6 Å². The SMILES string of the molecule is CCCNC1COCCc2c(Cl)cc(Cl)cc21. The van der Waals surface area contributed by atoms with Crippen LogP contribution in [-0.2, 0) is 11.2 Å². The van der Waals surface area contributed by atoms with Gasteiger partial charge in [-0.1, -0.05) is 30.1 Å². The lowest BCUT2D eigenvalue weighted by molar-refractivity contribution is 0.121. The Morgan fingerprint density at radius 2 is 2.24 bits per heavy atom. The normalized spacial score (nSPS) is 19.8. The third kappa shape index (κ3) is 3.14. The van der Waals surface area contributed by atoms with E-state index in [1.165, 1.54) is 11.1 Å². The number of ether oxygens (including phenoxy) is 1. The molecule has 0 fully saturated rings. The number of rotatable bonds is 3. The Kier molecular flexibility index (Phi) is 4.69. The van der Waals surface area contributed by atoms with Crippen molar-refractivity contribution in [2.75, 3.05) is 19.8 Å². The van der Waals surface area contributed by atoms with Crippen molar-refractivity contribution in [3.8, 4) is 0 Å². The van der Waals surface area contributed by atoms with Crippen LogP contribution in [0.15, 0.2) is 12.1 Å². The number of fused-ring (bicyclic) bond motifs is 1. The molecule has 1 aliphatic heterocycles. The van der Waals surface area contributed by atoms with Gasteiger partial charge < -0.3 is 10.1 Å². The topological polar surface area (TPSA) is 21.3 Å². The molecule has 4 heteroatoms. The molecule has 1 aliphatic rings. The highest BCUT2D eigenvalue weighted by molar-refractivity contribution is 6.35. The maximum absolute atomic E-state index is 6.25. The zero-order valence-corrected chi connectivity index (χ0v) is 11.4. The Morgan fingerprint density at radius 1 is 1.41 bits per heavy atom. The molecule has 0 bridgehead atoms. The zero-order chi connectivity index (χ0) is 12.3. The highest BCUT2D eigenvalue weighted by atomic mass is 35.5. The summed E-state index contributed by atoms with van der Waals surface area (Å²) in [5, 5.41) is 4.92. The number of benzene rings is 1. The largest absolute Gasteiger partial charge is 0.379 e. The van der Waals surface area contributed by atoms with Crippen LogP contribution in [0.3, 0.4) is 0 Å². The maximum atomic E-state index is 6.25. The van der Waals surface area contributed by atoms with Crippen LogP contribution in [-0.4, -0.2) is 19.8 Å². The van der Waals surface area contributed by atoms with Crippen LogP contribution in [0.4, 0.5) is 0 Å². The number of hydrogen-bond donors (Lipinski definition) is 1. The summed E-state index contributed by atoms with van der Waals surface area (Å²) in [5.74, 6) is 0. The van der Waals surface area contributed by atoms with Crippen LogP contribution >= 0.6 is 23.2 Å². The molecule has 1 heterocycles. The molecule has 1 N–H and O–H groups in total. The third-order valence-electron chi connectivity index (χ3n) is 2.99. The highest BCUT2D eigenvalue weighted by Crippen LogP contribution is 2.31. The fourth-order valence-corrected chi connectivity index (χ4v) is 2.75. The van der Waals surface area contributed by atoms with Gasteiger partial charge in [0.1, 0.15) is 0 Å². The number of nitrogens with one attached hydrogen (secondary N) is 1. The van der Waals surface area contributed by atoms with Gasteiger partial charge in [0.15, 0.2) is 0 Å². The summed E-state index contributed by atoms with van der Waals surface area (Å²) in [6.07, 6.45) is 1.95. The summed E-state index contributed by atoms with van der Waals surface area (Å²) >= 11 is 12.3. The summed E-state index contributed by atoms with van der Waals surface area (Å²) in [5.41, 5.74) is 2.36. The van der Waals surface area contributed by atoms with Crippen LogP contribution in [0.2, 0.25) is 10.0 Å². The lowest BCUT2D eigenvalue weighted by Crippen LogP contribution is -2.26. The van der Waals surface area contributed by atoms with Crippen molar-refractivity contribution >= 4 is 23.2 Å². The minimum atomic E-state index is 0.198. The molecule has 0 spiro atoms. The van der Waals surface area contributed by atoms with E-state index in [1.54, 1.807) is 0 Å². The highest BCUT2D eigenvalue weighted by Gasteiger charge is 2.21. The van der Waals surface area contributed by atoms with Gasteiger partial charge in [-0.15, -0.1) is 0 Å². The van der Waals surface area contributed by atoms with Crippen molar-refractivity contribution in [1.29, 1.82) is 0 Å². The average molecular weight is 274 g/mol. The first-order chi connectivity index (χ1) is 8.22. The fourth-order valence-electron chi connectivity index (χ4n) is 2.15. The predicted molar refractivity (Wildman–Crippen MR) is 72.0 cm³/mol. The zero-order valence-electron chi connectivity index (χ0n) is 9.93. The molecule has 1 aromatic rings. The first kappa shape index (κ1) is 13.2. The van der Waals surface area contributed by atoms with E-state index in [9.17, 15) is 0 Å². The van der Waals surface area contributed by atoms with E-state index in [0.29, 0.717) is 11.6 Å². The van der Waals surface area contributed by atoms with Crippen LogP contribution in [0.25, 0.3) is 0 Å². The van der Waals surface area contributed by atoms with Crippen LogP contribution in [0.1, 0.15) is 30.5 Å². The van der Waals surface area contributed by atoms with E-state index >= 15 is 0 Å². The van der Waals surface area contributed by atoms with Gasteiger partial charge in [0.25, 0.3) is 0 Å². The van der Waals surface area contributed by atoms with Gasteiger partial charge in [-0.3, -0.25) is 0 Å². The second-order valence-electron chi connectivity index (χ2n) is 4.29. The van der Waals surface area contributed by atoms with Crippen LogP contribution in [0, 0.1) is 0 Å². The second-order valence-corrected chi connectivity index (χ2v) is 5.13. The summed E-state index contributed by atoms with van der Waals surface area (Å²) in [7, 11) is 0. The Labute approximate surface area is 112 Å². The van der Waals surface area contributed by atoms with E-state index in [4.69, 9.17) is 27.9 Å². The molecular formula is C13H17Cl2NO. The Hall–Kier alpha value is -0.280. The Bertz CT molecular complexity index is 395. The Morgan fingerprint density at radius 3 is 3.00 bits per heavy atom. The standard InChI is InChI=1S/C13H17Cl2NO/c1-2-4-16-13-8-17-5-3-10-11(13)6-9(14)7-12(10)15/h6-7,13,16H,2-5,8H2,1H3. The minimum absolute atomic E-state index is 0.198. The quantitative estimate of drug-likeness (QED) is 0.909. The number of hydrogen-bond acceptors (Lipinski definition) is 2. The van der Waals surface area contributed by atoms with Crippen LogP contribution in [0.5, 0.6) is 0 Å². The average Bonchev–Trinajstić information content (AvgIpc) is 2.49. The summed E-state index contributed by atoms with van der Waals surface area (Å²) in [4.78, 5) is 0. The molecule has 0 amide bonds.